The van der Waals surface area contributed by atoms with E-state index < -0.39 is 12.1 Å². The van der Waals surface area contributed by atoms with Crippen LogP contribution in [0.15, 0.2) is 18.2 Å². The third-order valence-corrected chi connectivity index (χ3v) is 2.21. The van der Waals surface area contributed by atoms with Crippen LogP contribution in [-0.4, -0.2) is 6.36 Å². The fraction of sp³-hybridized carbons (Fsp3) is 0.125. The number of ether oxygens (including phenoxy) is 1. The first kappa shape index (κ1) is 11.1. The summed E-state index contributed by atoms with van der Waals surface area (Å²) in [5, 5.41) is 8.59. The van der Waals surface area contributed by atoms with Crippen molar-refractivity contribution in [3.8, 4) is 11.8 Å². The van der Waals surface area contributed by atoms with Gasteiger partial charge in [0.25, 0.3) is 0 Å². The second kappa shape index (κ2) is 4.04. The molecule has 2 nitrogen and oxygen atoms in total. The van der Waals surface area contributed by atoms with E-state index in [2.05, 4.69) is 4.74 Å². The molecule has 0 unspecified atom stereocenters. The van der Waals surface area contributed by atoms with E-state index in [1.165, 1.54) is 12.1 Å². The quantitative estimate of drug-likeness (QED) is 0.747. The van der Waals surface area contributed by atoms with E-state index in [1.54, 1.807) is 28.7 Å². The normalized spacial score (nSPS) is 10.8. The highest BCUT2D eigenvalue weighted by molar-refractivity contribution is 14.1. The highest BCUT2D eigenvalue weighted by Gasteiger charge is 2.32. The van der Waals surface area contributed by atoms with E-state index in [9.17, 15) is 13.2 Å². The molecule has 0 aliphatic rings. The van der Waals surface area contributed by atoms with Crippen LogP contribution >= 0.6 is 22.6 Å². The second-order valence-electron chi connectivity index (χ2n) is 2.27. The molecule has 1 aromatic carbocycles. The maximum atomic E-state index is 11.9. The van der Waals surface area contributed by atoms with E-state index in [1.807, 2.05) is 0 Å². The summed E-state index contributed by atoms with van der Waals surface area (Å²) < 4.78 is 39.7. The summed E-state index contributed by atoms with van der Waals surface area (Å²) in [6.07, 6.45) is -4.77. The molecule has 0 saturated heterocycles. The third-order valence-electron chi connectivity index (χ3n) is 1.31. The Balaban J connectivity index is 3.10. The Morgan fingerprint density at radius 2 is 2.00 bits per heavy atom. The zero-order valence-corrected chi connectivity index (χ0v) is 8.76. The molecule has 0 N–H and O–H groups in total. The maximum absolute atomic E-state index is 11.9. The van der Waals surface area contributed by atoms with Crippen molar-refractivity contribution >= 4 is 22.6 Å². The van der Waals surface area contributed by atoms with Gasteiger partial charge in [0.1, 0.15) is 17.4 Å². The van der Waals surface area contributed by atoms with Gasteiger partial charge in [-0.05, 0) is 34.7 Å². The first-order valence-corrected chi connectivity index (χ1v) is 4.46. The Hall–Kier alpha value is -0.970. The predicted octanol–water partition coefficient (Wildman–Crippen LogP) is 3.06. The van der Waals surface area contributed by atoms with Gasteiger partial charge < -0.3 is 4.74 Å². The van der Waals surface area contributed by atoms with Gasteiger partial charge in [0.15, 0.2) is 0 Å². The van der Waals surface area contributed by atoms with Gasteiger partial charge in [0.05, 0.1) is 0 Å². The molecular weight excluding hydrogens is 310 g/mol. The van der Waals surface area contributed by atoms with Crippen LogP contribution in [-0.2, 0) is 0 Å². The van der Waals surface area contributed by atoms with Crippen LogP contribution in [0, 0.1) is 14.9 Å². The van der Waals surface area contributed by atoms with E-state index in [4.69, 9.17) is 5.26 Å². The van der Waals surface area contributed by atoms with Crippen molar-refractivity contribution in [1.29, 1.82) is 5.26 Å². The molecule has 0 fully saturated rings. The third kappa shape index (κ3) is 2.77. The van der Waals surface area contributed by atoms with Crippen molar-refractivity contribution in [2.24, 2.45) is 0 Å². The summed E-state index contributed by atoms with van der Waals surface area (Å²) in [4.78, 5) is 0. The summed E-state index contributed by atoms with van der Waals surface area (Å²) >= 11 is 1.77. The lowest BCUT2D eigenvalue weighted by atomic mass is 10.2. The SMILES string of the molecule is N#Cc1c(I)cccc1OC(F)(F)F. The smallest absolute Gasteiger partial charge is 0.404 e. The number of halogens is 4. The molecule has 0 bridgehead atoms. The molecule has 0 atom stereocenters. The molecule has 0 spiro atoms. The Kier molecular flexibility index (Phi) is 3.21. The number of hydrogen-bond acceptors (Lipinski definition) is 2. The van der Waals surface area contributed by atoms with E-state index in [-0.39, 0.29) is 5.56 Å². The van der Waals surface area contributed by atoms with Crippen molar-refractivity contribution in [1.82, 2.24) is 0 Å². The lowest BCUT2D eigenvalue weighted by molar-refractivity contribution is -0.274. The molecule has 0 aliphatic carbocycles. The van der Waals surface area contributed by atoms with Crippen LogP contribution in [0.1, 0.15) is 5.56 Å². The molecule has 0 heterocycles. The van der Waals surface area contributed by atoms with Gasteiger partial charge in [-0.3, -0.25) is 0 Å². The van der Waals surface area contributed by atoms with Crippen molar-refractivity contribution in [3.05, 3.63) is 27.3 Å². The summed E-state index contributed by atoms with van der Waals surface area (Å²) in [6, 6.07) is 5.68. The molecule has 74 valence electrons. The van der Waals surface area contributed by atoms with Crippen LogP contribution in [0.25, 0.3) is 0 Å². The van der Waals surface area contributed by atoms with E-state index in [0.29, 0.717) is 3.57 Å². The standard InChI is InChI=1S/C8H3F3INO/c9-8(10,11)14-7-3-1-2-6(12)5(7)4-13/h1-3H. The summed E-state index contributed by atoms with van der Waals surface area (Å²) in [6.45, 7) is 0. The van der Waals surface area contributed by atoms with Gasteiger partial charge >= 0.3 is 6.36 Å². The lowest BCUT2D eigenvalue weighted by Crippen LogP contribution is -2.18. The first-order valence-electron chi connectivity index (χ1n) is 3.38. The molecule has 1 rings (SSSR count). The molecule has 14 heavy (non-hydrogen) atoms. The Morgan fingerprint density at radius 1 is 1.36 bits per heavy atom. The van der Waals surface area contributed by atoms with Crippen LogP contribution < -0.4 is 4.74 Å². The molecule has 0 aliphatic heterocycles. The van der Waals surface area contributed by atoms with Crippen molar-refractivity contribution in [3.63, 3.8) is 0 Å². The van der Waals surface area contributed by atoms with Crippen LogP contribution in [0.5, 0.6) is 5.75 Å². The monoisotopic (exact) mass is 313 g/mol. The van der Waals surface area contributed by atoms with Gasteiger partial charge in [-0.25, -0.2) is 0 Å². The Morgan fingerprint density at radius 3 is 2.50 bits per heavy atom. The molecule has 0 saturated carbocycles. The minimum atomic E-state index is -4.77. The molecule has 6 heteroatoms. The van der Waals surface area contributed by atoms with Crippen LogP contribution in [0.2, 0.25) is 0 Å². The van der Waals surface area contributed by atoms with Gasteiger partial charge in [-0.15, -0.1) is 13.2 Å². The molecule has 0 aromatic heterocycles. The summed E-state index contributed by atoms with van der Waals surface area (Å²) in [5.41, 5.74) is -0.106. The zero-order chi connectivity index (χ0) is 10.8. The number of benzene rings is 1. The zero-order valence-electron chi connectivity index (χ0n) is 6.60. The van der Waals surface area contributed by atoms with Crippen molar-refractivity contribution in [2.75, 3.05) is 0 Å². The van der Waals surface area contributed by atoms with Crippen LogP contribution in [0.4, 0.5) is 13.2 Å². The number of rotatable bonds is 1. The summed E-state index contributed by atoms with van der Waals surface area (Å²) in [7, 11) is 0. The first-order chi connectivity index (χ1) is 6.44. The van der Waals surface area contributed by atoms with Crippen molar-refractivity contribution in [2.45, 2.75) is 6.36 Å². The number of hydrogen-bond donors (Lipinski definition) is 0. The largest absolute Gasteiger partial charge is 0.573 e. The highest BCUT2D eigenvalue weighted by Crippen LogP contribution is 2.28. The molecule has 0 amide bonds. The van der Waals surface area contributed by atoms with Crippen molar-refractivity contribution < 1.29 is 17.9 Å². The Labute approximate surface area is 91.4 Å². The average molecular weight is 313 g/mol. The number of nitriles is 1. The van der Waals surface area contributed by atoms with E-state index >= 15 is 0 Å². The van der Waals surface area contributed by atoms with Gasteiger partial charge in [0.2, 0.25) is 0 Å². The maximum Gasteiger partial charge on any atom is 0.573 e. The molecule has 0 radical (unpaired) electrons. The molecular formula is C8H3F3INO. The highest BCUT2D eigenvalue weighted by atomic mass is 127. The van der Waals surface area contributed by atoms with Gasteiger partial charge in [-0.1, -0.05) is 6.07 Å². The van der Waals surface area contributed by atoms with Gasteiger partial charge in [-0.2, -0.15) is 5.26 Å². The van der Waals surface area contributed by atoms with E-state index in [0.717, 1.165) is 6.07 Å². The predicted molar refractivity (Wildman–Crippen MR) is 50.6 cm³/mol. The number of nitrogens with zero attached hydrogens (tertiary/aromatic N) is 1. The fourth-order valence-corrected chi connectivity index (χ4v) is 1.42. The number of alkyl halides is 3. The lowest BCUT2D eigenvalue weighted by Gasteiger charge is -2.10. The summed E-state index contributed by atoms with van der Waals surface area (Å²) in [5.74, 6) is -0.466. The topological polar surface area (TPSA) is 33.0 Å². The average Bonchev–Trinajstić information content (AvgIpc) is 2.01. The second-order valence-corrected chi connectivity index (χ2v) is 3.43. The minimum Gasteiger partial charge on any atom is -0.404 e. The van der Waals surface area contributed by atoms with Gasteiger partial charge in [0, 0.05) is 3.57 Å². The molecule has 1 aromatic rings. The fourth-order valence-electron chi connectivity index (χ4n) is 0.823. The Bertz CT molecular complexity index is 383. The van der Waals surface area contributed by atoms with Crippen LogP contribution in [0.3, 0.4) is 0 Å². The minimum absolute atomic E-state index is 0.106.